The molecule has 1 amide bonds. The number of hydrogen-bond donors (Lipinski definition) is 1. The molecule has 32 heavy (non-hydrogen) atoms. The summed E-state index contributed by atoms with van der Waals surface area (Å²) in [4.78, 5) is 40.7. The van der Waals surface area contributed by atoms with Crippen molar-refractivity contribution in [1.29, 1.82) is 0 Å². The van der Waals surface area contributed by atoms with Crippen LogP contribution >= 0.6 is 11.8 Å². The number of nitrogens with one attached hydrogen (secondary N) is 1. The molecule has 1 aromatic heterocycles. The van der Waals surface area contributed by atoms with Gasteiger partial charge in [0.25, 0.3) is 11.2 Å². The molecule has 0 fully saturated rings. The molecule has 0 aliphatic rings. The maximum absolute atomic E-state index is 13.2. The van der Waals surface area contributed by atoms with Crippen LogP contribution < -0.4 is 10.9 Å². The van der Waals surface area contributed by atoms with Crippen LogP contribution in [0.1, 0.15) is 5.56 Å². The molecule has 4 rings (SSSR count). The van der Waals surface area contributed by atoms with Crippen LogP contribution in [0.4, 0.5) is 11.4 Å². The fraction of sp³-hybridized carbons (Fsp3) is 0.0870. The maximum atomic E-state index is 13.2. The van der Waals surface area contributed by atoms with Crippen molar-refractivity contribution < 1.29 is 9.72 Å². The molecular formula is C23H18N4O4S. The Bertz CT molecular complexity index is 1380. The normalized spacial score (nSPS) is 10.8. The number of benzene rings is 3. The first-order valence-electron chi connectivity index (χ1n) is 9.68. The van der Waals surface area contributed by atoms with E-state index in [2.05, 4.69) is 10.3 Å². The lowest BCUT2D eigenvalue weighted by molar-refractivity contribution is -0.384. The number of aryl methyl sites for hydroxylation is 1. The first-order chi connectivity index (χ1) is 15.4. The highest BCUT2D eigenvalue weighted by atomic mass is 32.2. The van der Waals surface area contributed by atoms with Gasteiger partial charge in [0.2, 0.25) is 5.91 Å². The highest BCUT2D eigenvalue weighted by Crippen LogP contribution is 2.23. The minimum atomic E-state index is -0.524. The average Bonchev–Trinajstić information content (AvgIpc) is 2.79. The van der Waals surface area contributed by atoms with Crippen molar-refractivity contribution in [1.82, 2.24) is 9.55 Å². The number of nitrogens with zero attached hydrogens (tertiary/aromatic N) is 3. The van der Waals surface area contributed by atoms with E-state index in [1.54, 1.807) is 30.3 Å². The number of thioether (sulfide) groups is 1. The van der Waals surface area contributed by atoms with E-state index >= 15 is 0 Å². The number of anilines is 1. The van der Waals surface area contributed by atoms with Crippen LogP contribution in [0.25, 0.3) is 16.6 Å². The number of carbonyl (C=O) groups is 1. The summed E-state index contributed by atoms with van der Waals surface area (Å²) in [7, 11) is 0. The Hall–Kier alpha value is -3.98. The zero-order valence-corrected chi connectivity index (χ0v) is 17.8. The van der Waals surface area contributed by atoms with Crippen molar-refractivity contribution >= 4 is 39.9 Å². The number of hydrogen-bond acceptors (Lipinski definition) is 6. The molecule has 0 aliphatic carbocycles. The van der Waals surface area contributed by atoms with Gasteiger partial charge < -0.3 is 5.32 Å². The predicted molar refractivity (Wildman–Crippen MR) is 125 cm³/mol. The Balaban J connectivity index is 1.63. The first-order valence-corrected chi connectivity index (χ1v) is 10.7. The van der Waals surface area contributed by atoms with Crippen molar-refractivity contribution in [3.8, 4) is 5.69 Å². The third-order valence-corrected chi connectivity index (χ3v) is 5.65. The van der Waals surface area contributed by atoms with Crippen molar-refractivity contribution in [2.75, 3.05) is 11.1 Å². The molecule has 0 aliphatic heterocycles. The van der Waals surface area contributed by atoms with Crippen LogP contribution in [0.3, 0.4) is 0 Å². The SMILES string of the molecule is Cc1ccc(-n2c(SCC(=O)Nc3cccc([N+](=O)[O-])c3)nc3ccccc3c2=O)cc1. The summed E-state index contributed by atoms with van der Waals surface area (Å²) in [5.74, 6) is -0.396. The van der Waals surface area contributed by atoms with Crippen LogP contribution in [0.5, 0.6) is 0 Å². The van der Waals surface area contributed by atoms with E-state index in [1.165, 1.54) is 22.8 Å². The van der Waals surface area contributed by atoms with E-state index in [4.69, 9.17) is 0 Å². The quantitative estimate of drug-likeness (QED) is 0.204. The van der Waals surface area contributed by atoms with Gasteiger partial charge in [-0.1, -0.05) is 47.7 Å². The lowest BCUT2D eigenvalue weighted by atomic mass is 10.2. The molecular weight excluding hydrogens is 428 g/mol. The average molecular weight is 446 g/mol. The molecule has 1 heterocycles. The van der Waals surface area contributed by atoms with Crippen LogP contribution in [-0.4, -0.2) is 26.1 Å². The largest absolute Gasteiger partial charge is 0.325 e. The third-order valence-electron chi connectivity index (χ3n) is 4.71. The van der Waals surface area contributed by atoms with Gasteiger partial charge in [0, 0.05) is 17.8 Å². The number of carbonyl (C=O) groups excluding carboxylic acids is 1. The Morgan fingerprint density at radius 1 is 1.09 bits per heavy atom. The Morgan fingerprint density at radius 2 is 1.84 bits per heavy atom. The topological polar surface area (TPSA) is 107 Å². The van der Waals surface area contributed by atoms with E-state index in [-0.39, 0.29) is 22.9 Å². The van der Waals surface area contributed by atoms with Gasteiger partial charge >= 0.3 is 0 Å². The fourth-order valence-electron chi connectivity index (χ4n) is 3.16. The van der Waals surface area contributed by atoms with Crippen LogP contribution in [0.15, 0.2) is 82.7 Å². The molecule has 4 aromatic rings. The zero-order chi connectivity index (χ0) is 22.7. The van der Waals surface area contributed by atoms with E-state index in [0.717, 1.165) is 17.3 Å². The van der Waals surface area contributed by atoms with E-state index < -0.39 is 4.92 Å². The van der Waals surface area contributed by atoms with Gasteiger partial charge in [-0.15, -0.1) is 0 Å². The summed E-state index contributed by atoms with van der Waals surface area (Å²) in [6, 6.07) is 20.2. The van der Waals surface area contributed by atoms with Crippen LogP contribution in [0, 0.1) is 17.0 Å². The predicted octanol–water partition coefficient (Wildman–Crippen LogP) is 4.33. The van der Waals surface area contributed by atoms with E-state index in [0.29, 0.717) is 27.4 Å². The number of amides is 1. The number of nitro benzene ring substituents is 1. The summed E-state index contributed by atoms with van der Waals surface area (Å²) in [5.41, 5.74) is 2.25. The molecule has 160 valence electrons. The second kappa shape index (κ2) is 9.03. The number of aromatic nitrogens is 2. The molecule has 0 atom stereocenters. The number of rotatable bonds is 6. The zero-order valence-electron chi connectivity index (χ0n) is 17.0. The molecule has 0 saturated heterocycles. The lowest BCUT2D eigenvalue weighted by Gasteiger charge is -2.13. The molecule has 3 aromatic carbocycles. The maximum Gasteiger partial charge on any atom is 0.271 e. The minimum absolute atomic E-state index is 0.0284. The van der Waals surface area contributed by atoms with Gasteiger partial charge in [-0.05, 0) is 37.3 Å². The summed E-state index contributed by atoms with van der Waals surface area (Å²) in [6.45, 7) is 1.96. The fourth-order valence-corrected chi connectivity index (χ4v) is 3.97. The Kier molecular flexibility index (Phi) is 6.00. The van der Waals surface area contributed by atoms with Crippen LogP contribution in [0.2, 0.25) is 0 Å². The molecule has 0 spiro atoms. The second-order valence-electron chi connectivity index (χ2n) is 7.03. The van der Waals surface area contributed by atoms with Gasteiger partial charge in [-0.3, -0.25) is 24.3 Å². The van der Waals surface area contributed by atoms with Crippen molar-refractivity contribution in [2.24, 2.45) is 0 Å². The van der Waals surface area contributed by atoms with Crippen molar-refractivity contribution in [2.45, 2.75) is 12.1 Å². The van der Waals surface area contributed by atoms with E-state index in [9.17, 15) is 19.7 Å². The number of nitro groups is 1. The van der Waals surface area contributed by atoms with Crippen molar-refractivity contribution in [3.05, 3.63) is 98.8 Å². The van der Waals surface area contributed by atoms with E-state index in [1.807, 2.05) is 31.2 Å². The molecule has 0 radical (unpaired) electrons. The molecule has 0 bridgehead atoms. The van der Waals surface area contributed by atoms with Crippen molar-refractivity contribution in [3.63, 3.8) is 0 Å². The monoisotopic (exact) mass is 446 g/mol. The summed E-state index contributed by atoms with van der Waals surface area (Å²) < 4.78 is 1.49. The molecule has 0 unspecified atom stereocenters. The van der Waals surface area contributed by atoms with Gasteiger partial charge in [0.1, 0.15) is 0 Å². The highest BCUT2D eigenvalue weighted by molar-refractivity contribution is 7.99. The third kappa shape index (κ3) is 4.52. The molecule has 1 N–H and O–H groups in total. The molecule has 0 saturated carbocycles. The molecule has 8 nitrogen and oxygen atoms in total. The smallest absolute Gasteiger partial charge is 0.271 e. The first kappa shape index (κ1) is 21.3. The second-order valence-corrected chi connectivity index (χ2v) is 7.97. The molecule has 9 heteroatoms. The van der Waals surface area contributed by atoms with Gasteiger partial charge in [-0.2, -0.15) is 0 Å². The standard InChI is InChI=1S/C23H18N4O4S/c1-15-9-11-17(12-10-15)26-22(29)19-7-2-3-8-20(19)25-23(26)32-14-21(28)24-16-5-4-6-18(13-16)27(30)31/h2-13H,14H2,1H3,(H,24,28). The summed E-state index contributed by atoms with van der Waals surface area (Å²) >= 11 is 1.12. The number of non-ortho nitro benzene ring substituents is 1. The van der Waals surface area contributed by atoms with Gasteiger partial charge in [0.05, 0.1) is 27.3 Å². The van der Waals surface area contributed by atoms with Crippen LogP contribution in [-0.2, 0) is 4.79 Å². The Morgan fingerprint density at radius 3 is 2.59 bits per heavy atom. The van der Waals surface area contributed by atoms with Gasteiger partial charge in [0.15, 0.2) is 5.16 Å². The van der Waals surface area contributed by atoms with Gasteiger partial charge in [-0.25, -0.2) is 4.98 Å². The number of para-hydroxylation sites is 1. The highest BCUT2D eigenvalue weighted by Gasteiger charge is 2.15. The lowest BCUT2D eigenvalue weighted by Crippen LogP contribution is -2.23. The Labute approximate surface area is 187 Å². The summed E-state index contributed by atoms with van der Waals surface area (Å²) in [6.07, 6.45) is 0. The summed E-state index contributed by atoms with van der Waals surface area (Å²) in [5, 5.41) is 14.4. The number of fused-ring (bicyclic) bond motifs is 1. The minimum Gasteiger partial charge on any atom is -0.325 e.